The molecule has 2 saturated heterocycles. The summed E-state index contributed by atoms with van der Waals surface area (Å²) in [6, 6.07) is 13.4. The summed E-state index contributed by atoms with van der Waals surface area (Å²) in [5, 5.41) is 4.39. The maximum absolute atomic E-state index is 13.4. The van der Waals surface area contributed by atoms with Crippen molar-refractivity contribution >= 4 is 41.6 Å². The lowest BCUT2D eigenvalue weighted by Crippen LogP contribution is -2.44. The second-order valence-corrected chi connectivity index (χ2v) is 7.77. The van der Waals surface area contributed by atoms with E-state index in [0.29, 0.717) is 22.4 Å². The minimum Gasteiger partial charge on any atom is -0.463 e. The predicted molar refractivity (Wildman–Crippen MR) is 119 cm³/mol. The van der Waals surface area contributed by atoms with E-state index in [9.17, 15) is 4.79 Å². The zero-order valence-electron chi connectivity index (χ0n) is 16.1. The van der Waals surface area contributed by atoms with E-state index in [4.69, 9.17) is 9.40 Å². The van der Waals surface area contributed by atoms with Gasteiger partial charge in [-0.3, -0.25) is 4.79 Å². The molecule has 0 bridgehead atoms. The van der Waals surface area contributed by atoms with Crippen LogP contribution in [0.4, 0.5) is 0 Å². The number of nitrogens with zero attached hydrogens (tertiary/aromatic N) is 2. The van der Waals surface area contributed by atoms with Gasteiger partial charge in [-0.25, -0.2) is 4.98 Å². The predicted octanol–water partition coefficient (Wildman–Crippen LogP) is 4.55. The fourth-order valence-corrected chi connectivity index (χ4v) is 4.48. The quantitative estimate of drug-likeness (QED) is 0.643. The normalized spacial score (nSPS) is 17.7. The molecule has 0 saturated carbocycles. The number of aromatic nitrogens is 1. The Balaban J connectivity index is 0.00000120. The molecule has 2 aliphatic heterocycles. The number of furan rings is 1. The summed E-state index contributed by atoms with van der Waals surface area (Å²) in [7, 11) is 0. The molecule has 0 atom stereocenters. The Labute approximate surface area is 182 Å². The number of benzene rings is 1. The molecule has 5 nitrogen and oxygen atoms in total. The molecule has 29 heavy (non-hydrogen) atoms. The number of piperidine rings is 1. The highest BCUT2D eigenvalue weighted by molar-refractivity contribution is 6.07. The number of fused-ring (bicyclic) bond motifs is 1. The van der Waals surface area contributed by atoms with Crippen LogP contribution in [0.25, 0.3) is 22.4 Å². The Hall–Kier alpha value is -2.08. The monoisotopic (exact) mass is 433 g/mol. The fraction of sp³-hybridized carbons (Fsp3) is 0.364. The zero-order chi connectivity index (χ0) is 18.3. The van der Waals surface area contributed by atoms with Gasteiger partial charge in [0.15, 0.2) is 5.76 Å². The average Bonchev–Trinajstić information content (AvgIpc) is 3.40. The molecule has 2 aromatic heterocycles. The van der Waals surface area contributed by atoms with Crippen LogP contribution in [-0.4, -0.2) is 42.0 Å². The van der Waals surface area contributed by atoms with E-state index in [1.54, 1.807) is 6.26 Å². The van der Waals surface area contributed by atoms with Gasteiger partial charge in [-0.05, 0) is 55.5 Å². The van der Waals surface area contributed by atoms with E-state index in [1.807, 2.05) is 47.4 Å². The van der Waals surface area contributed by atoms with Gasteiger partial charge >= 0.3 is 0 Å². The first-order valence-electron chi connectivity index (χ1n) is 9.68. The summed E-state index contributed by atoms with van der Waals surface area (Å²) >= 11 is 0. The lowest BCUT2D eigenvalue weighted by atomic mass is 9.77. The summed E-state index contributed by atoms with van der Waals surface area (Å²) in [4.78, 5) is 20.1. The molecule has 5 rings (SSSR count). The Bertz CT molecular complexity index is 975. The first-order chi connectivity index (χ1) is 13.2. The maximum atomic E-state index is 13.4. The van der Waals surface area contributed by atoms with Crippen molar-refractivity contribution in [3.63, 3.8) is 0 Å². The van der Waals surface area contributed by atoms with E-state index in [0.717, 1.165) is 49.9 Å². The number of halogens is 2. The zero-order valence-corrected chi connectivity index (χ0v) is 17.7. The average molecular weight is 434 g/mol. The van der Waals surface area contributed by atoms with Crippen LogP contribution in [0.3, 0.4) is 0 Å². The van der Waals surface area contributed by atoms with Gasteiger partial charge in [-0.1, -0.05) is 18.2 Å². The third-order valence-corrected chi connectivity index (χ3v) is 6.16. The molecular formula is C22H25Cl2N3O2. The van der Waals surface area contributed by atoms with Crippen LogP contribution in [0.1, 0.15) is 29.6 Å². The van der Waals surface area contributed by atoms with E-state index in [2.05, 4.69) is 5.32 Å². The van der Waals surface area contributed by atoms with Gasteiger partial charge in [0.05, 0.1) is 17.3 Å². The highest BCUT2D eigenvalue weighted by Gasteiger charge is 2.38. The molecule has 2 fully saturated rings. The molecule has 1 amide bonds. The number of hydrogen-bond acceptors (Lipinski definition) is 4. The largest absolute Gasteiger partial charge is 0.463 e. The Kier molecular flexibility index (Phi) is 6.52. The topological polar surface area (TPSA) is 58.4 Å². The smallest absolute Gasteiger partial charge is 0.254 e. The summed E-state index contributed by atoms with van der Waals surface area (Å²) in [6.07, 6.45) is 5.03. The number of para-hydroxylation sites is 1. The Morgan fingerprint density at radius 3 is 2.55 bits per heavy atom. The van der Waals surface area contributed by atoms with Gasteiger partial charge in [0.1, 0.15) is 5.69 Å². The first-order valence-corrected chi connectivity index (χ1v) is 9.68. The standard InChI is InChI=1S/C22H23N3O2.2ClH/c26-21(25-11-8-22(9-12-25)7-10-23-15-22)17-14-19(20-6-3-13-27-20)24-18-5-2-1-4-16(17)18;;/h1-6,13-14,23H,7-12,15H2;2*1H. The number of hydrogen-bond donors (Lipinski definition) is 1. The van der Waals surface area contributed by atoms with Gasteiger partial charge in [0.2, 0.25) is 0 Å². The summed E-state index contributed by atoms with van der Waals surface area (Å²) in [5.74, 6) is 0.784. The van der Waals surface area contributed by atoms with Crippen LogP contribution in [0.2, 0.25) is 0 Å². The van der Waals surface area contributed by atoms with Crippen molar-refractivity contribution in [1.29, 1.82) is 0 Å². The molecule has 0 aliphatic carbocycles. The highest BCUT2D eigenvalue weighted by atomic mass is 35.5. The molecule has 2 aliphatic rings. The number of likely N-dealkylation sites (tertiary alicyclic amines) is 1. The van der Waals surface area contributed by atoms with E-state index in [-0.39, 0.29) is 30.7 Å². The number of rotatable bonds is 2. The highest BCUT2D eigenvalue weighted by Crippen LogP contribution is 2.37. The van der Waals surface area contributed by atoms with E-state index >= 15 is 0 Å². The number of carbonyl (C=O) groups is 1. The van der Waals surface area contributed by atoms with Crippen LogP contribution in [0.15, 0.2) is 53.1 Å². The van der Waals surface area contributed by atoms with E-state index < -0.39 is 0 Å². The molecule has 3 aromatic rings. The third kappa shape index (κ3) is 4.00. The molecule has 1 aromatic carbocycles. The molecule has 1 spiro atoms. The number of amides is 1. The van der Waals surface area contributed by atoms with Crippen molar-refractivity contribution < 1.29 is 9.21 Å². The Morgan fingerprint density at radius 2 is 1.86 bits per heavy atom. The van der Waals surface area contributed by atoms with Crippen LogP contribution in [0.5, 0.6) is 0 Å². The van der Waals surface area contributed by atoms with Crippen molar-refractivity contribution in [3.05, 3.63) is 54.3 Å². The van der Waals surface area contributed by atoms with E-state index in [1.165, 1.54) is 6.42 Å². The van der Waals surface area contributed by atoms with Crippen LogP contribution < -0.4 is 5.32 Å². The SMILES string of the molecule is Cl.Cl.O=C(c1cc(-c2ccco2)nc2ccccc12)N1CCC2(CCNC2)CC1. The van der Waals surface area contributed by atoms with Gasteiger partial charge in [0, 0.05) is 25.0 Å². The van der Waals surface area contributed by atoms with Crippen molar-refractivity contribution in [2.45, 2.75) is 19.3 Å². The summed E-state index contributed by atoms with van der Waals surface area (Å²) in [6.45, 7) is 3.85. The third-order valence-electron chi connectivity index (χ3n) is 6.16. The van der Waals surface area contributed by atoms with Crippen LogP contribution in [-0.2, 0) is 0 Å². The number of nitrogens with one attached hydrogen (secondary N) is 1. The van der Waals surface area contributed by atoms with Crippen molar-refractivity contribution in [3.8, 4) is 11.5 Å². The second-order valence-electron chi connectivity index (χ2n) is 7.77. The van der Waals surface area contributed by atoms with Gasteiger partial charge in [-0.2, -0.15) is 0 Å². The number of pyridine rings is 1. The maximum Gasteiger partial charge on any atom is 0.254 e. The Morgan fingerprint density at radius 1 is 1.07 bits per heavy atom. The minimum atomic E-state index is 0. The summed E-state index contributed by atoms with van der Waals surface area (Å²) < 4.78 is 5.52. The first kappa shape index (κ1) is 21.6. The van der Waals surface area contributed by atoms with Crippen molar-refractivity contribution in [2.24, 2.45) is 5.41 Å². The van der Waals surface area contributed by atoms with Gasteiger partial charge in [0.25, 0.3) is 5.91 Å². The molecule has 4 heterocycles. The second kappa shape index (κ2) is 8.74. The lowest BCUT2D eigenvalue weighted by Gasteiger charge is -2.39. The summed E-state index contributed by atoms with van der Waals surface area (Å²) in [5.41, 5.74) is 2.64. The number of carbonyl (C=O) groups excluding carboxylic acids is 1. The fourth-order valence-electron chi connectivity index (χ4n) is 4.48. The van der Waals surface area contributed by atoms with Gasteiger partial charge < -0.3 is 14.6 Å². The van der Waals surface area contributed by atoms with Crippen LogP contribution in [0, 0.1) is 5.41 Å². The van der Waals surface area contributed by atoms with Crippen LogP contribution >= 0.6 is 24.8 Å². The molecule has 0 radical (unpaired) electrons. The van der Waals surface area contributed by atoms with Crippen molar-refractivity contribution in [1.82, 2.24) is 15.2 Å². The molecule has 1 N–H and O–H groups in total. The molecule has 7 heteroatoms. The molecular weight excluding hydrogens is 409 g/mol. The lowest BCUT2D eigenvalue weighted by molar-refractivity contribution is 0.0609. The van der Waals surface area contributed by atoms with Gasteiger partial charge in [-0.15, -0.1) is 24.8 Å². The molecule has 0 unspecified atom stereocenters. The minimum absolute atomic E-state index is 0. The molecule has 154 valence electrons. The van der Waals surface area contributed by atoms with Crippen molar-refractivity contribution in [2.75, 3.05) is 26.2 Å².